The molecule has 1 aliphatic rings. The maximum atomic E-state index is 12.0. The molecule has 6 nitrogen and oxygen atoms in total. The third kappa shape index (κ3) is 4.48. The number of nitrogens with zero attached hydrogens (tertiary/aromatic N) is 2. The van der Waals surface area contributed by atoms with E-state index in [4.69, 9.17) is 4.42 Å². The van der Waals surface area contributed by atoms with Crippen LogP contribution in [0.3, 0.4) is 0 Å². The maximum Gasteiger partial charge on any atom is 0.277 e. The number of aromatic hydroxyl groups is 1. The van der Waals surface area contributed by atoms with Crippen molar-refractivity contribution >= 4 is 17.7 Å². The van der Waals surface area contributed by atoms with Gasteiger partial charge in [0, 0.05) is 11.6 Å². The number of phenolic OH excluding ortho intramolecular Hbond substituents is 1. The summed E-state index contributed by atoms with van der Waals surface area (Å²) in [5, 5.41) is 20.7. The summed E-state index contributed by atoms with van der Waals surface area (Å²) in [7, 11) is 0. The zero-order valence-corrected chi connectivity index (χ0v) is 13.5. The van der Waals surface area contributed by atoms with Crippen LogP contribution < -0.4 is 5.32 Å². The first-order chi connectivity index (χ1) is 11.2. The van der Waals surface area contributed by atoms with E-state index < -0.39 is 0 Å². The Morgan fingerprint density at radius 1 is 1.30 bits per heavy atom. The van der Waals surface area contributed by atoms with Gasteiger partial charge in [0.15, 0.2) is 0 Å². The van der Waals surface area contributed by atoms with Gasteiger partial charge in [0.05, 0.1) is 5.75 Å². The number of carbonyl (C=O) groups is 1. The molecule has 1 saturated carbocycles. The fraction of sp³-hybridized carbons (Fsp3) is 0.438. The second-order valence-electron chi connectivity index (χ2n) is 5.61. The molecule has 0 unspecified atom stereocenters. The number of thioether (sulfide) groups is 1. The Hall–Kier alpha value is -2.02. The first-order valence-corrected chi connectivity index (χ1v) is 8.74. The molecular formula is C16H19N3O3S. The highest BCUT2D eigenvalue weighted by atomic mass is 32.2. The van der Waals surface area contributed by atoms with Crippen LogP contribution in [-0.2, 0) is 4.79 Å². The molecule has 1 aliphatic carbocycles. The number of benzene rings is 1. The quantitative estimate of drug-likeness (QED) is 0.818. The summed E-state index contributed by atoms with van der Waals surface area (Å²) in [6.07, 6.45) is 5.78. The molecule has 1 fully saturated rings. The molecule has 1 amide bonds. The molecule has 2 aromatic rings. The van der Waals surface area contributed by atoms with Gasteiger partial charge in [0.25, 0.3) is 5.22 Å². The van der Waals surface area contributed by atoms with Crippen LogP contribution in [0.4, 0.5) is 0 Å². The van der Waals surface area contributed by atoms with E-state index in [0.29, 0.717) is 22.7 Å². The first kappa shape index (κ1) is 15.9. The molecule has 0 radical (unpaired) electrons. The molecule has 0 atom stereocenters. The molecule has 1 aromatic heterocycles. The molecular weight excluding hydrogens is 314 g/mol. The van der Waals surface area contributed by atoms with E-state index in [0.717, 1.165) is 12.8 Å². The second kappa shape index (κ2) is 7.50. The fourth-order valence-electron chi connectivity index (χ4n) is 2.67. The zero-order chi connectivity index (χ0) is 16.1. The third-order valence-electron chi connectivity index (χ3n) is 3.80. The predicted molar refractivity (Wildman–Crippen MR) is 87.1 cm³/mol. The average molecular weight is 333 g/mol. The van der Waals surface area contributed by atoms with Gasteiger partial charge in [0.2, 0.25) is 11.8 Å². The van der Waals surface area contributed by atoms with Crippen molar-refractivity contribution in [3.63, 3.8) is 0 Å². The lowest BCUT2D eigenvalue weighted by molar-refractivity contribution is -0.119. The topological polar surface area (TPSA) is 88.2 Å². The van der Waals surface area contributed by atoms with Gasteiger partial charge >= 0.3 is 0 Å². The van der Waals surface area contributed by atoms with Gasteiger partial charge in [-0.05, 0) is 31.0 Å². The van der Waals surface area contributed by atoms with E-state index in [1.807, 2.05) is 0 Å². The van der Waals surface area contributed by atoms with E-state index in [1.165, 1.54) is 31.0 Å². The fourth-order valence-corrected chi connectivity index (χ4v) is 3.24. The molecule has 0 spiro atoms. The van der Waals surface area contributed by atoms with Crippen LogP contribution in [0.15, 0.2) is 33.9 Å². The SMILES string of the molecule is O=C(CSc1nnc(-c2cccc(O)c2)o1)NC1CCCCC1. The standard InChI is InChI=1S/C16H19N3O3S/c20-13-8-4-5-11(9-13)15-18-19-16(22-15)23-10-14(21)17-12-6-2-1-3-7-12/h4-5,8-9,12,20H,1-3,6-7,10H2,(H,17,21). The number of hydrogen-bond acceptors (Lipinski definition) is 6. The molecule has 7 heteroatoms. The van der Waals surface area contributed by atoms with Crippen LogP contribution in [0, 0.1) is 0 Å². The van der Waals surface area contributed by atoms with Gasteiger partial charge in [-0.3, -0.25) is 4.79 Å². The van der Waals surface area contributed by atoms with Gasteiger partial charge < -0.3 is 14.8 Å². The number of nitrogens with one attached hydrogen (secondary N) is 1. The van der Waals surface area contributed by atoms with E-state index in [9.17, 15) is 9.90 Å². The number of amides is 1. The lowest BCUT2D eigenvalue weighted by Gasteiger charge is -2.22. The van der Waals surface area contributed by atoms with Crippen molar-refractivity contribution in [2.24, 2.45) is 0 Å². The molecule has 23 heavy (non-hydrogen) atoms. The number of aromatic nitrogens is 2. The molecule has 0 saturated heterocycles. The van der Waals surface area contributed by atoms with E-state index in [1.54, 1.807) is 24.3 Å². The summed E-state index contributed by atoms with van der Waals surface area (Å²) in [5.74, 6) is 0.731. The Bertz CT molecular complexity index is 668. The van der Waals surface area contributed by atoms with E-state index in [2.05, 4.69) is 15.5 Å². The maximum absolute atomic E-state index is 12.0. The molecule has 1 heterocycles. The third-order valence-corrected chi connectivity index (χ3v) is 4.62. The van der Waals surface area contributed by atoms with Crippen molar-refractivity contribution in [2.75, 3.05) is 5.75 Å². The minimum Gasteiger partial charge on any atom is -0.508 e. The number of rotatable bonds is 5. The molecule has 0 bridgehead atoms. The Balaban J connectivity index is 1.52. The van der Waals surface area contributed by atoms with E-state index >= 15 is 0 Å². The summed E-state index contributed by atoms with van der Waals surface area (Å²) in [5.41, 5.74) is 0.649. The van der Waals surface area contributed by atoms with Crippen molar-refractivity contribution in [1.82, 2.24) is 15.5 Å². The minimum absolute atomic E-state index is 0.000921. The molecule has 3 rings (SSSR count). The predicted octanol–water partition coefficient (Wildman–Crippen LogP) is 2.98. The lowest BCUT2D eigenvalue weighted by Crippen LogP contribution is -2.37. The van der Waals surface area contributed by atoms with Crippen LogP contribution >= 0.6 is 11.8 Å². The Kier molecular flexibility index (Phi) is 5.17. The molecule has 1 aromatic carbocycles. The molecule has 122 valence electrons. The second-order valence-corrected chi connectivity index (χ2v) is 6.54. The van der Waals surface area contributed by atoms with Crippen molar-refractivity contribution in [2.45, 2.75) is 43.4 Å². The first-order valence-electron chi connectivity index (χ1n) is 7.76. The molecule has 2 N–H and O–H groups in total. The van der Waals surface area contributed by atoms with Gasteiger partial charge in [0.1, 0.15) is 5.75 Å². The van der Waals surface area contributed by atoms with Crippen LogP contribution in [0.2, 0.25) is 0 Å². The van der Waals surface area contributed by atoms with Crippen LogP contribution in [-0.4, -0.2) is 33.0 Å². The van der Waals surface area contributed by atoms with Gasteiger partial charge in [-0.2, -0.15) is 0 Å². The van der Waals surface area contributed by atoms with Gasteiger partial charge in [-0.1, -0.05) is 37.1 Å². The Morgan fingerprint density at radius 2 is 2.13 bits per heavy atom. The Morgan fingerprint density at radius 3 is 2.91 bits per heavy atom. The zero-order valence-electron chi connectivity index (χ0n) is 12.7. The van der Waals surface area contributed by atoms with Gasteiger partial charge in [-0.15, -0.1) is 10.2 Å². The summed E-state index contributed by atoms with van der Waals surface area (Å²) in [6, 6.07) is 6.92. The highest BCUT2D eigenvalue weighted by Crippen LogP contribution is 2.25. The normalized spacial score (nSPS) is 15.5. The summed E-state index contributed by atoms with van der Waals surface area (Å²) >= 11 is 1.22. The molecule has 0 aliphatic heterocycles. The monoisotopic (exact) mass is 333 g/mol. The summed E-state index contributed by atoms with van der Waals surface area (Å²) in [4.78, 5) is 12.0. The van der Waals surface area contributed by atoms with E-state index in [-0.39, 0.29) is 17.4 Å². The smallest absolute Gasteiger partial charge is 0.277 e. The Labute approximate surface area is 138 Å². The lowest BCUT2D eigenvalue weighted by atomic mass is 9.95. The number of carbonyl (C=O) groups excluding carboxylic acids is 1. The summed E-state index contributed by atoms with van der Waals surface area (Å²) < 4.78 is 5.51. The van der Waals surface area contributed by atoms with Crippen molar-refractivity contribution in [3.8, 4) is 17.2 Å². The van der Waals surface area contributed by atoms with Gasteiger partial charge in [-0.25, -0.2) is 0 Å². The minimum atomic E-state index is -0.000921. The van der Waals surface area contributed by atoms with Crippen molar-refractivity contribution in [3.05, 3.63) is 24.3 Å². The van der Waals surface area contributed by atoms with Crippen molar-refractivity contribution < 1.29 is 14.3 Å². The number of hydrogen-bond donors (Lipinski definition) is 2. The highest BCUT2D eigenvalue weighted by molar-refractivity contribution is 7.99. The van der Waals surface area contributed by atoms with Crippen LogP contribution in [0.25, 0.3) is 11.5 Å². The number of phenols is 1. The van der Waals surface area contributed by atoms with Crippen LogP contribution in [0.5, 0.6) is 5.75 Å². The highest BCUT2D eigenvalue weighted by Gasteiger charge is 2.17. The van der Waals surface area contributed by atoms with Crippen LogP contribution in [0.1, 0.15) is 32.1 Å². The average Bonchev–Trinajstić information content (AvgIpc) is 3.03. The summed E-state index contributed by atoms with van der Waals surface area (Å²) in [6.45, 7) is 0. The van der Waals surface area contributed by atoms with Crippen molar-refractivity contribution in [1.29, 1.82) is 0 Å². The largest absolute Gasteiger partial charge is 0.508 e.